The minimum atomic E-state index is -0.211. The van der Waals surface area contributed by atoms with E-state index in [1.807, 2.05) is 0 Å². The highest BCUT2D eigenvalue weighted by Gasteiger charge is 1.81. The van der Waals surface area contributed by atoms with Crippen LogP contribution in [0.15, 0.2) is 0 Å². The Morgan fingerprint density at radius 3 is 2.00 bits per heavy atom. The fourth-order valence-electron chi connectivity index (χ4n) is 0.203. The molecule has 0 heterocycles. The Morgan fingerprint density at radius 2 is 2.00 bits per heavy atom. The van der Waals surface area contributed by atoms with E-state index in [2.05, 4.69) is 4.74 Å². The molecule has 8 heavy (non-hydrogen) atoms. The van der Waals surface area contributed by atoms with Gasteiger partial charge in [-0.05, 0) is 6.92 Å². The highest BCUT2D eigenvalue weighted by Crippen LogP contribution is 1.69. The Hall–Kier alpha value is 0.240. The molecule has 52 valence electrons. The summed E-state index contributed by atoms with van der Waals surface area (Å²) in [7, 11) is 0. The number of ether oxygens (including phenoxy) is 1. The van der Waals surface area contributed by atoms with Crippen LogP contribution in [0.25, 0.3) is 0 Å². The van der Waals surface area contributed by atoms with Gasteiger partial charge in [0.15, 0.2) is 0 Å². The molecule has 0 N–H and O–H groups in total. The number of hydrogen-bond donors (Lipinski definition) is 0. The predicted molar refractivity (Wildman–Crippen MR) is 39.9 cm³/mol. The van der Waals surface area contributed by atoms with Gasteiger partial charge in [0.2, 0.25) is 0 Å². The van der Waals surface area contributed by atoms with Crippen molar-refractivity contribution in [2.75, 3.05) is 6.61 Å². The van der Waals surface area contributed by atoms with Gasteiger partial charge in [0.25, 0.3) is 0 Å². The first-order valence-corrected chi connectivity index (χ1v) is 1.90. The molecule has 0 fully saturated rings. The molecule has 0 radical (unpaired) electrons. The van der Waals surface area contributed by atoms with Gasteiger partial charge in [0.1, 0.15) is 0 Å². The van der Waals surface area contributed by atoms with E-state index in [-0.39, 0.29) is 35.4 Å². The average molecular weight is 205 g/mol. The molecule has 0 saturated carbocycles. The van der Waals surface area contributed by atoms with Gasteiger partial charge in [-0.2, -0.15) is 0 Å². The molecule has 0 aliphatic rings. The predicted octanol–water partition coefficient (Wildman–Crippen LogP) is 1.57. The number of esters is 1. The molecular weight excluding hydrogens is 195 g/mol. The van der Waals surface area contributed by atoms with Gasteiger partial charge in [-0.3, -0.25) is 4.79 Å². The van der Waals surface area contributed by atoms with E-state index < -0.39 is 0 Å². The molecule has 0 bridgehead atoms. The van der Waals surface area contributed by atoms with E-state index >= 15 is 0 Å². The zero-order valence-corrected chi connectivity index (χ0v) is 7.37. The zero-order chi connectivity index (χ0) is 4.99. The fourth-order valence-corrected chi connectivity index (χ4v) is 0.203. The third kappa shape index (κ3) is 16.3. The Morgan fingerprint density at radius 1 is 1.62 bits per heavy atom. The van der Waals surface area contributed by atoms with Crippen molar-refractivity contribution in [3.63, 3.8) is 0 Å². The maximum Gasteiger partial charge on any atom is 0.302 e. The number of carbonyl (C=O) groups is 1. The summed E-state index contributed by atoms with van der Waals surface area (Å²) in [5, 5.41) is 0. The van der Waals surface area contributed by atoms with E-state index in [1.165, 1.54) is 6.92 Å². The molecule has 0 amide bonds. The van der Waals surface area contributed by atoms with Crippen LogP contribution in [-0.4, -0.2) is 12.6 Å². The number of hydrogen-bond acceptors (Lipinski definition) is 2. The summed E-state index contributed by atoms with van der Waals surface area (Å²) in [5.74, 6) is -0.211. The molecule has 0 spiro atoms. The maximum absolute atomic E-state index is 9.82. The van der Waals surface area contributed by atoms with Crippen LogP contribution in [0.5, 0.6) is 0 Å². The van der Waals surface area contributed by atoms with Crippen LogP contribution < -0.4 is 0 Å². The third-order valence-electron chi connectivity index (χ3n) is 0.348. The van der Waals surface area contributed by atoms with Gasteiger partial charge in [-0.15, -0.1) is 29.4 Å². The second kappa shape index (κ2) is 10.3. The van der Waals surface area contributed by atoms with Crippen molar-refractivity contribution >= 4 is 35.4 Å². The van der Waals surface area contributed by atoms with Gasteiger partial charge in [0.05, 0.1) is 6.61 Å². The lowest BCUT2D eigenvalue weighted by atomic mass is 10.8. The van der Waals surface area contributed by atoms with Gasteiger partial charge in [-0.25, -0.2) is 0 Å². The van der Waals surface area contributed by atoms with E-state index in [4.69, 9.17) is 0 Å². The molecule has 0 aromatic carbocycles. The molecule has 0 aromatic heterocycles. The van der Waals surface area contributed by atoms with E-state index in [9.17, 15) is 4.79 Å². The molecule has 0 aromatic rings. The maximum atomic E-state index is 9.82. The van der Waals surface area contributed by atoms with Crippen molar-refractivity contribution in [2.24, 2.45) is 0 Å². The minimum Gasteiger partial charge on any atom is -0.466 e. The van der Waals surface area contributed by atoms with Crippen LogP contribution >= 0.6 is 29.4 Å². The second-order valence-electron chi connectivity index (χ2n) is 0.925. The van der Waals surface area contributed by atoms with Crippen molar-refractivity contribution in [2.45, 2.75) is 13.8 Å². The summed E-state index contributed by atoms with van der Waals surface area (Å²) in [5.41, 5.74) is 0. The monoisotopic (exact) mass is 204 g/mol. The first kappa shape index (κ1) is 15.7. The van der Waals surface area contributed by atoms with Crippen molar-refractivity contribution < 1.29 is 9.53 Å². The fraction of sp³-hybridized carbons (Fsp3) is 0.750. The van der Waals surface area contributed by atoms with Gasteiger partial charge >= 0.3 is 5.97 Å². The standard InChI is InChI=1S/C4H8O2.BrH.ClH/c1-3-6-4(2)5;;/h3H2,1-2H3;2*1H. The Balaban J connectivity index is -0.000000125. The van der Waals surface area contributed by atoms with Crippen molar-refractivity contribution in [3.05, 3.63) is 0 Å². The first-order valence-electron chi connectivity index (χ1n) is 1.90. The third-order valence-corrected chi connectivity index (χ3v) is 0.348. The minimum absolute atomic E-state index is 0. The summed E-state index contributed by atoms with van der Waals surface area (Å²) >= 11 is 0. The average Bonchev–Trinajstić information content (AvgIpc) is 1.35. The summed E-state index contributed by atoms with van der Waals surface area (Å²) in [6, 6.07) is 0. The van der Waals surface area contributed by atoms with E-state index in [0.717, 1.165) is 0 Å². The largest absolute Gasteiger partial charge is 0.466 e. The summed E-state index contributed by atoms with van der Waals surface area (Å²) in [4.78, 5) is 9.82. The summed E-state index contributed by atoms with van der Waals surface area (Å²) < 4.78 is 4.40. The van der Waals surface area contributed by atoms with Gasteiger partial charge < -0.3 is 4.74 Å². The van der Waals surface area contributed by atoms with Crippen LogP contribution in [0.1, 0.15) is 13.8 Å². The first-order chi connectivity index (χ1) is 2.77. The van der Waals surface area contributed by atoms with Crippen LogP contribution in [0.2, 0.25) is 0 Å². The Kier molecular flexibility index (Phi) is 20.2. The number of carbonyl (C=O) groups excluding carboxylic acids is 1. The van der Waals surface area contributed by atoms with Crippen LogP contribution in [0, 0.1) is 0 Å². The smallest absolute Gasteiger partial charge is 0.302 e. The number of halogens is 2. The lowest BCUT2D eigenvalue weighted by Crippen LogP contribution is -1.95. The Bertz CT molecular complexity index is 58.0. The highest BCUT2D eigenvalue weighted by molar-refractivity contribution is 8.93. The van der Waals surface area contributed by atoms with Crippen LogP contribution in [0.4, 0.5) is 0 Å². The SMILES string of the molecule is Br.CCOC(C)=O.Cl. The quantitative estimate of drug-likeness (QED) is 0.608. The lowest BCUT2D eigenvalue weighted by molar-refractivity contribution is -0.140. The van der Waals surface area contributed by atoms with Crippen molar-refractivity contribution in [1.82, 2.24) is 0 Å². The van der Waals surface area contributed by atoms with Crippen LogP contribution in [0.3, 0.4) is 0 Å². The van der Waals surface area contributed by atoms with E-state index in [0.29, 0.717) is 6.61 Å². The molecule has 0 aliphatic heterocycles. The number of rotatable bonds is 1. The van der Waals surface area contributed by atoms with Crippen molar-refractivity contribution in [1.29, 1.82) is 0 Å². The molecule has 0 unspecified atom stereocenters. The molecular formula is C4H10BrClO2. The van der Waals surface area contributed by atoms with Crippen LogP contribution in [-0.2, 0) is 9.53 Å². The lowest BCUT2D eigenvalue weighted by Gasteiger charge is -1.89. The Labute approximate surface area is 65.8 Å². The molecule has 2 nitrogen and oxygen atoms in total. The topological polar surface area (TPSA) is 26.3 Å². The molecule has 4 heteroatoms. The van der Waals surface area contributed by atoms with Gasteiger partial charge in [0, 0.05) is 6.92 Å². The van der Waals surface area contributed by atoms with Gasteiger partial charge in [-0.1, -0.05) is 0 Å². The molecule has 0 rings (SSSR count). The van der Waals surface area contributed by atoms with E-state index in [1.54, 1.807) is 6.92 Å². The summed E-state index contributed by atoms with van der Waals surface area (Å²) in [6.45, 7) is 3.65. The molecule has 0 aliphatic carbocycles. The summed E-state index contributed by atoms with van der Waals surface area (Å²) in [6.07, 6.45) is 0. The molecule has 0 atom stereocenters. The normalized spacial score (nSPS) is 5.75. The van der Waals surface area contributed by atoms with Crippen molar-refractivity contribution in [3.8, 4) is 0 Å². The second-order valence-corrected chi connectivity index (χ2v) is 0.925. The highest BCUT2D eigenvalue weighted by atomic mass is 79.9. The zero-order valence-electron chi connectivity index (χ0n) is 4.84. The molecule has 0 saturated heterocycles.